The smallest absolute Gasteiger partial charge is 0.255 e. The van der Waals surface area contributed by atoms with Gasteiger partial charge in [-0.25, -0.2) is 13.4 Å². The van der Waals surface area contributed by atoms with Crippen molar-refractivity contribution in [2.24, 2.45) is 17.8 Å². The molecule has 4 aliphatic carbocycles. The van der Waals surface area contributed by atoms with Crippen LogP contribution in [-0.2, 0) is 20.9 Å². The lowest BCUT2D eigenvalue weighted by atomic mass is 9.49. The number of benzene rings is 1. The summed E-state index contributed by atoms with van der Waals surface area (Å²) in [5, 5.41) is 2.60. The number of rotatable bonds is 4. The number of hydrogen-bond donors (Lipinski definition) is 1. The largest absolute Gasteiger partial charge is 0.263 e. The topological polar surface area (TPSA) is 59.1 Å². The maximum Gasteiger partial charge on any atom is 0.263 e. The molecule has 1 aromatic carbocycles. The molecule has 0 unspecified atom stereocenters. The third-order valence-corrected chi connectivity index (χ3v) is 9.58. The van der Waals surface area contributed by atoms with Crippen LogP contribution in [0.1, 0.15) is 70.6 Å². The van der Waals surface area contributed by atoms with Gasteiger partial charge in [0.2, 0.25) is 0 Å². The van der Waals surface area contributed by atoms with E-state index in [9.17, 15) is 8.42 Å². The van der Waals surface area contributed by atoms with E-state index in [2.05, 4.69) is 30.9 Å². The molecule has 1 heterocycles. The van der Waals surface area contributed by atoms with Gasteiger partial charge in [0.05, 0.1) is 10.6 Å². The van der Waals surface area contributed by atoms with Crippen LogP contribution in [0.25, 0.3) is 0 Å². The SMILES string of the molecule is CC(C)(C)c1ccc(S(=O)(=O)Nc2nc(C34CC5CC(CC(C5)C3)C4)cs2)cc1. The molecule has 6 rings (SSSR count). The summed E-state index contributed by atoms with van der Waals surface area (Å²) in [5.74, 6) is 2.55. The molecule has 4 fully saturated rings. The van der Waals surface area contributed by atoms with Gasteiger partial charge in [0, 0.05) is 10.8 Å². The summed E-state index contributed by atoms with van der Waals surface area (Å²) < 4.78 is 28.5. The monoisotopic (exact) mass is 430 g/mol. The van der Waals surface area contributed by atoms with Gasteiger partial charge in [0.25, 0.3) is 10.0 Å². The fourth-order valence-corrected chi connectivity index (χ4v) is 8.38. The number of nitrogens with zero attached hydrogens (tertiary/aromatic N) is 1. The zero-order chi connectivity index (χ0) is 20.4. The maximum absolute atomic E-state index is 12.9. The van der Waals surface area contributed by atoms with Crippen molar-refractivity contribution in [2.75, 3.05) is 4.72 Å². The lowest BCUT2D eigenvalue weighted by molar-refractivity contribution is -0.00688. The molecule has 0 radical (unpaired) electrons. The number of thiazole rings is 1. The molecule has 156 valence electrons. The number of sulfonamides is 1. The van der Waals surface area contributed by atoms with E-state index in [0.717, 1.165) is 29.0 Å². The summed E-state index contributed by atoms with van der Waals surface area (Å²) in [6.07, 6.45) is 7.91. The molecule has 0 spiro atoms. The average Bonchev–Trinajstić information content (AvgIpc) is 3.09. The molecular weight excluding hydrogens is 400 g/mol. The van der Waals surface area contributed by atoms with Crippen molar-refractivity contribution in [3.63, 3.8) is 0 Å². The quantitative estimate of drug-likeness (QED) is 0.676. The molecule has 4 bridgehead atoms. The van der Waals surface area contributed by atoms with Crippen molar-refractivity contribution >= 4 is 26.5 Å². The summed E-state index contributed by atoms with van der Waals surface area (Å²) in [6.45, 7) is 6.36. The van der Waals surface area contributed by atoms with Crippen LogP contribution in [0.2, 0.25) is 0 Å². The first-order valence-corrected chi connectivity index (χ1v) is 13.1. The molecule has 2 aromatic rings. The van der Waals surface area contributed by atoms with Gasteiger partial charge in [0.15, 0.2) is 5.13 Å². The van der Waals surface area contributed by atoms with Crippen LogP contribution in [0.5, 0.6) is 0 Å². The first kappa shape index (κ1) is 19.6. The molecule has 6 heteroatoms. The van der Waals surface area contributed by atoms with Gasteiger partial charge in [-0.2, -0.15) is 0 Å². The Hall–Kier alpha value is -1.40. The predicted molar refractivity (Wildman–Crippen MR) is 118 cm³/mol. The lowest BCUT2D eigenvalue weighted by Crippen LogP contribution is -2.48. The second kappa shape index (κ2) is 6.55. The Bertz CT molecular complexity index is 981. The number of aromatic nitrogens is 1. The number of hydrogen-bond acceptors (Lipinski definition) is 4. The third-order valence-electron chi connectivity index (χ3n) is 7.34. The molecular formula is C23H30N2O2S2. The van der Waals surface area contributed by atoms with E-state index in [0.29, 0.717) is 5.13 Å². The third kappa shape index (κ3) is 3.52. The van der Waals surface area contributed by atoms with E-state index >= 15 is 0 Å². The Kier molecular flexibility index (Phi) is 4.42. The highest BCUT2D eigenvalue weighted by atomic mass is 32.2. The minimum absolute atomic E-state index is 0.00219. The number of nitrogens with one attached hydrogen (secondary N) is 1. The first-order valence-electron chi connectivity index (χ1n) is 10.7. The Morgan fingerprint density at radius 1 is 1.00 bits per heavy atom. The summed E-state index contributed by atoms with van der Waals surface area (Å²) in [5.41, 5.74) is 2.44. The van der Waals surface area contributed by atoms with Crippen molar-refractivity contribution in [2.45, 2.75) is 75.0 Å². The van der Waals surface area contributed by atoms with E-state index in [4.69, 9.17) is 4.98 Å². The average molecular weight is 431 g/mol. The first-order chi connectivity index (χ1) is 13.6. The highest BCUT2D eigenvalue weighted by Gasteiger charge is 2.52. The van der Waals surface area contributed by atoms with Gasteiger partial charge in [-0.15, -0.1) is 11.3 Å². The molecule has 1 N–H and O–H groups in total. The van der Waals surface area contributed by atoms with Gasteiger partial charge in [-0.1, -0.05) is 32.9 Å². The molecule has 0 saturated heterocycles. The molecule has 1 aromatic heterocycles. The van der Waals surface area contributed by atoms with Gasteiger partial charge in [0.1, 0.15) is 0 Å². The van der Waals surface area contributed by atoms with Crippen LogP contribution in [0, 0.1) is 17.8 Å². The standard InChI is InChI=1S/C23H30N2O2S2/c1-22(2,3)18-4-6-19(7-5-18)29(26,27)25-21-24-20(14-28-21)23-11-15-8-16(12-23)10-17(9-15)13-23/h4-7,14-17H,8-13H2,1-3H3,(H,24,25). The van der Waals surface area contributed by atoms with Gasteiger partial charge in [-0.3, -0.25) is 4.72 Å². The predicted octanol–water partition coefficient (Wildman–Crippen LogP) is 5.71. The Balaban J connectivity index is 1.36. The highest BCUT2D eigenvalue weighted by molar-refractivity contribution is 7.93. The van der Waals surface area contributed by atoms with Gasteiger partial charge in [-0.05, 0) is 79.4 Å². The fraction of sp³-hybridized carbons (Fsp3) is 0.609. The molecule has 0 aliphatic heterocycles. The number of anilines is 1. The van der Waals surface area contributed by atoms with Crippen LogP contribution < -0.4 is 4.72 Å². The van der Waals surface area contributed by atoms with E-state index in [-0.39, 0.29) is 15.7 Å². The second-order valence-electron chi connectivity index (χ2n) is 10.6. The van der Waals surface area contributed by atoms with E-state index < -0.39 is 10.0 Å². The van der Waals surface area contributed by atoms with Crippen molar-refractivity contribution in [3.05, 3.63) is 40.9 Å². The second-order valence-corrected chi connectivity index (χ2v) is 13.2. The summed E-state index contributed by atoms with van der Waals surface area (Å²) in [4.78, 5) is 5.08. The normalized spacial score (nSPS) is 31.2. The summed E-state index contributed by atoms with van der Waals surface area (Å²) in [6, 6.07) is 7.18. The van der Waals surface area contributed by atoms with Crippen molar-refractivity contribution < 1.29 is 8.42 Å². The highest BCUT2D eigenvalue weighted by Crippen LogP contribution is 2.60. The van der Waals surface area contributed by atoms with Gasteiger partial charge >= 0.3 is 0 Å². The van der Waals surface area contributed by atoms with Crippen LogP contribution >= 0.6 is 11.3 Å². The minimum Gasteiger partial charge on any atom is -0.255 e. The van der Waals surface area contributed by atoms with Crippen LogP contribution in [0.4, 0.5) is 5.13 Å². The van der Waals surface area contributed by atoms with Crippen LogP contribution in [0.15, 0.2) is 34.5 Å². The summed E-state index contributed by atoms with van der Waals surface area (Å²) >= 11 is 1.43. The van der Waals surface area contributed by atoms with Crippen molar-refractivity contribution in [1.29, 1.82) is 0 Å². The fourth-order valence-electron chi connectivity index (χ4n) is 6.30. The van der Waals surface area contributed by atoms with Crippen molar-refractivity contribution in [1.82, 2.24) is 4.98 Å². The Labute approximate surface area is 178 Å². The lowest BCUT2D eigenvalue weighted by Gasteiger charge is -2.56. The molecule has 29 heavy (non-hydrogen) atoms. The Morgan fingerprint density at radius 2 is 1.55 bits per heavy atom. The zero-order valence-corrected chi connectivity index (χ0v) is 19.1. The zero-order valence-electron chi connectivity index (χ0n) is 17.4. The van der Waals surface area contributed by atoms with Crippen molar-refractivity contribution in [3.8, 4) is 0 Å². The van der Waals surface area contributed by atoms with E-state index in [1.165, 1.54) is 49.9 Å². The molecule has 0 atom stereocenters. The van der Waals surface area contributed by atoms with E-state index in [1.807, 2.05) is 12.1 Å². The molecule has 0 amide bonds. The minimum atomic E-state index is -3.62. The van der Waals surface area contributed by atoms with Crippen LogP contribution in [-0.4, -0.2) is 13.4 Å². The summed E-state index contributed by atoms with van der Waals surface area (Å²) in [7, 11) is -3.62. The molecule has 4 aliphatic rings. The molecule has 4 nitrogen and oxygen atoms in total. The van der Waals surface area contributed by atoms with E-state index in [1.54, 1.807) is 12.1 Å². The van der Waals surface area contributed by atoms with Crippen LogP contribution in [0.3, 0.4) is 0 Å². The van der Waals surface area contributed by atoms with Gasteiger partial charge < -0.3 is 0 Å². The Morgan fingerprint density at radius 3 is 2.07 bits per heavy atom. The molecule has 4 saturated carbocycles. The maximum atomic E-state index is 12.9.